The van der Waals surface area contributed by atoms with Gasteiger partial charge in [-0.05, 0) is 67.7 Å². The van der Waals surface area contributed by atoms with E-state index in [1.165, 1.54) is 19.3 Å². The lowest BCUT2D eigenvalue weighted by atomic mass is 9.80. The molecule has 0 bridgehead atoms. The molecule has 2 aromatic carbocycles. The van der Waals surface area contributed by atoms with Gasteiger partial charge in [-0.2, -0.15) is 5.26 Å². The van der Waals surface area contributed by atoms with E-state index in [4.69, 9.17) is 19.9 Å². The van der Waals surface area contributed by atoms with Gasteiger partial charge in [-0.1, -0.05) is 58.2 Å². The minimum atomic E-state index is -0.402. The molecule has 2 aromatic rings. The molecule has 1 heterocycles. The first kappa shape index (κ1) is 27.6. The summed E-state index contributed by atoms with van der Waals surface area (Å²) in [5.41, 5.74) is 8.23. The molecule has 38 heavy (non-hydrogen) atoms. The van der Waals surface area contributed by atoms with Crippen LogP contribution in [0.4, 0.5) is 0 Å². The highest BCUT2D eigenvalue weighted by molar-refractivity contribution is 5.75. The zero-order valence-electron chi connectivity index (χ0n) is 22.9. The Balaban J connectivity index is 1.49. The Morgan fingerprint density at radius 2 is 1.92 bits per heavy atom. The molecule has 0 aromatic heterocycles. The highest BCUT2D eigenvalue weighted by Gasteiger charge is 2.32. The SMILES string of the molecule is CCCCC1CCC(C(=O)Oc2ccc3c(c2)OC(N)=C(C#N)C3c2cccc(OCCC(C)C)c2)CC1. The molecule has 2 N–H and O–H groups in total. The molecule has 0 spiro atoms. The molecule has 0 amide bonds. The molecule has 1 aliphatic carbocycles. The molecule has 0 radical (unpaired) electrons. The molecule has 202 valence electrons. The Morgan fingerprint density at radius 1 is 1.13 bits per heavy atom. The van der Waals surface area contributed by atoms with Crippen molar-refractivity contribution in [1.82, 2.24) is 0 Å². The number of carbonyl (C=O) groups excluding carboxylic acids is 1. The van der Waals surface area contributed by atoms with Crippen molar-refractivity contribution in [2.24, 2.45) is 23.5 Å². The van der Waals surface area contributed by atoms with Crippen LogP contribution in [-0.4, -0.2) is 12.6 Å². The van der Waals surface area contributed by atoms with E-state index in [2.05, 4.69) is 26.8 Å². The summed E-state index contributed by atoms with van der Waals surface area (Å²) in [5.74, 6) is 2.37. The summed E-state index contributed by atoms with van der Waals surface area (Å²) in [5, 5.41) is 9.91. The zero-order chi connectivity index (χ0) is 27.1. The van der Waals surface area contributed by atoms with Crippen LogP contribution in [0.1, 0.15) is 89.2 Å². The number of nitrogens with two attached hydrogens (primary N) is 1. The molecule has 2 aliphatic rings. The van der Waals surface area contributed by atoms with Crippen molar-refractivity contribution in [2.75, 3.05) is 6.61 Å². The second-order valence-corrected chi connectivity index (χ2v) is 11.0. The Hall–Kier alpha value is -3.46. The lowest BCUT2D eigenvalue weighted by molar-refractivity contribution is -0.140. The van der Waals surface area contributed by atoms with Gasteiger partial charge in [-0.15, -0.1) is 0 Å². The maximum Gasteiger partial charge on any atom is 0.314 e. The number of rotatable bonds is 10. The van der Waals surface area contributed by atoms with E-state index in [0.717, 1.165) is 54.9 Å². The van der Waals surface area contributed by atoms with Gasteiger partial charge in [0.15, 0.2) is 0 Å². The lowest BCUT2D eigenvalue weighted by Crippen LogP contribution is -2.26. The van der Waals surface area contributed by atoms with Gasteiger partial charge in [0.25, 0.3) is 0 Å². The number of allylic oxidation sites excluding steroid dienone is 1. The molecule has 1 aliphatic heterocycles. The predicted molar refractivity (Wildman–Crippen MR) is 148 cm³/mol. The fraction of sp³-hybridized carbons (Fsp3) is 0.500. The van der Waals surface area contributed by atoms with E-state index in [9.17, 15) is 10.1 Å². The van der Waals surface area contributed by atoms with E-state index < -0.39 is 5.92 Å². The zero-order valence-corrected chi connectivity index (χ0v) is 22.9. The number of carbonyl (C=O) groups is 1. The van der Waals surface area contributed by atoms with Crippen molar-refractivity contribution in [3.63, 3.8) is 0 Å². The molecule has 6 nitrogen and oxygen atoms in total. The Bertz CT molecular complexity index is 1190. The molecular weight excluding hydrogens is 476 g/mol. The highest BCUT2D eigenvalue weighted by atomic mass is 16.5. The van der Waals surface area contributed by atoms with Gasteiger partial charge < -0.3 is 19.9 Å². The van der Waals surface area contributed by atoms with Gasteiger partial charge >= 0.3 is 5.97 Å². The van der Waals surface area contributed by atoms with Gasteiger partial charge in [0.1, 0.15) is 28.9 Å². The summed E-state index contributed by atoms with van der Waals surface area (Å²) in [6.45, 7) is 7.18. The lowest BCUT2D eigenvalue weighted by Gasteiger charge is -2.28. The number of unbranched alkanes of at least 4 members (excludes halogenated alkanes) is 1. The minimum Gasteiger partial charge on any atom is -0.494 e. The van der Waals surface area contributed by atoms with Crippen LogP contribution < -0.4 is 19.9 Å². The topological polar surface area (TPSA) is 94.6 Å². The van der Waals surface area contributed by atoms with Gasteiger partial charge in [-0.25, -0.2) is 0 Å². The largest absolute Gasteiger partial charge is 0.494 e. The fourth-order valence-corrected chi connectivity index (χ4v) is 5.42. The van der Waals surface area contributed by atoms with Crippen molar-refractivity contribution in [2.45, 2.75) is 78.1 Å². The average molecular weight is 517 g/mol. The molecule has 6 heteroatoms. The second-order valence-electron chi connectivity index (χ2n) is 11.0. The normalized spacial score (nSPS) is 20.9. The van der Waals surface area contributed by atoms with Gasteiger partial charge in [0, 0.05) is 11.6 Å². The standard InChI is InChI=1S/C32H40N2O4/c1-4-5-7-22-10-12-23(13-11-22)32(35)37-26-14-15-27-29(19-26)38-31(34)28(20-33)30(27)24-8-6-9-25(18-24)36-17-16-21(2)3/h6,8-9,14-15,18-19,21-23,30H,4-5,7,10-13,16-17,34H2,1-3H3. The molecule has 1 unspecified atom stereocenters. The van der Waals surface area contributed by atoms with E-state index in [1.54, 1.807) is 12.1 Å². The number of hydrogen-bond donors (Lipinski definition) is 1. The summed E-state index contributed by atoms with van der Waals surface area (Å²) >= 11 is 0. The fourth-order valence-electron chi connectivity index (χ4n) is 5.42. The monoisotopic (exact) mass is 516 g/mol. The van der Waals surface area contributed by atoms with Crippen LogP contribution >= 0.6 is 0 Å². The highest BCUT2D eigenvalue weighted by Crippen LogP contribution is 2.44. The van der Waals surface area contributed by atoms with Crippen LogP contribution in [0.3, 0.4) is 0 Å². The van der Waals surface area contributed by atoms with Gasteiger partial charge in [0.05, 0.1) is 18.4 Å². The van der Waals surface area contributed by atoms with Crippen molar-refractivity contribution in [3.05, 3.63) is 65.0 Å². The number of ether oxygens (including phenoxy) is 3. The summed E-state index contributed by atoms with van der Waals surface area (Å²) < 4.78 is 17.6. The van der Waals surface area contributed by atoms with Crippen LogP contribution in [-0.2, 0) is 4.79 Å². The predicted octanol–water partition coefficient (Wildman–Crippen LogP) is 7.23. The van der Waals surface area contributed by atoms with Crippen LogP contribution in [0.15, 0.2) is 53.9 Å². The molecule has 4 rings (SSSR count). The third-order valence-corrected chi connectivity index (χ3v) is 7.71. The number of fused-ring (bicyclic) bond motifs is 1. The van der Waals surface area contributed by atoms with Crippen molar-refractivity contribution in [1.29, 1.82) is 5.26 Å². The molecule has 0 saturated heterocycles. The number of nitriles is 1. The maximum atomic E-state index is 12.9. The van der Waals surface area contributed by atoms with E-state index in [1.807, 2.05) is 30.3 Å². The number of hydrogen-bond acceptors (Lipinski definition) is 6. The van der Waals surface area contributed by atoms with Gasteiger partial charge in [0.2, 0.25) is 5.88 Å². The summed E-state index contributed by atoms with van der Waals surface area (Å²) in [7, 11) is 0. The Labute approximate surface area is 226 Å². The molecule has 1 fully saturated rings. The number of esters is 1. The second kappa shape index (κ2) is 12.9. The summed E-state index contributed by atoms with van der Waals surface area (Å²) in [4.78, 5) is 12.9. The van der Waals surface area contributed by atoms with Crippen molar-refractivity contribution < 1.29 is 19.0 Å². The van der Waals surface area contributed by atoms with Crippen LogP contribution in [0.2, 0.25) is 0 Å². The minimum absolute atomic E-state index is 0.0602. The quantitative estimate of drug-likeness (QED) is 0.264. The van der Waals surface area contributed by atoms with E-state index in [-0.39, 0.29) is 17.8 Å². The number of nitrogens with zero attached hydrogens (tertiary/aromatic N) is 1. The first-order chi connectivity index (χ1) is 18.4. The van der Waals surface area contributed by atoms with Crippen molar-refractivity contribution >= 4 is 5.97 Å². The Kier molecular flexibility index (Phi) is 9.33. The molecule has 1 saturated carbocycles. The third-order valence-electron chi connectivity index (χ3n) is 7.71. The first-order valence-electron chi connectivity index (χ1n) is 14.1. The van der Waals surface area contributed by atoms with Crippen LogP contribution in [0, 0.1) is 29.1 Å². The van der Waals surface area contributed by atoms with Gasteiger partial charge in [-0.3, -0.25) is 4.79 Å². The third kappa shape index (κ3) is 6.69. The summed E-state index contributed by atoms with van der Waals surface area (Å²) in [6, 6.07) is 15.3. The molecular formula is C32H40N2O4. The molecule has 1 atom stereocenters. The van der Waals surface area contributed by atoms with Crippen LogP contribution in [0.25, 0.3) is 0 Å². The van der Waals surface area contributed by atoms with E-state index in [0.29, 0.717) is 29.6 Å². The summed E-state index contributed by atoms with van der Waals surface area (Å²) in [6.07, 6.45) is 8.64. The van der Waals surface area contributed by atoms with Crippen molar-refractivity contribution in [3.8, 4) is 23.3 Å². The number of benzene rings is 2. The average Bonchev–Trinajstić information content (AvgIpc) is 2.91. The first-order valence-corrected chi connectivity index (χ1v) is 14.1. The maximum absolute atomic E-state index is 12.9. The van der Waals surface area contributed by atoms with Crippen LogP contribution in [0.5, 0.6) is 17.2 Å². The Morgan fingerprint density at radius 3 is 2.63 bits per heavy atom. The smallest absolute Gasteiger partial charge is 0.314 e. The van der Waals surface area contributed by atoms with E-state index >= 15 is 0 Å².